The maximum absolute atomic E-state index is 6.09. The summed E-state index contributed by atoms with van der Waals surface area (Å²) in [5, 5.41) is 0. The van der Waals surface area contributed by atoms with E-state index in [1.54, 1.807) is 0 Å². The number of imidazole rings is 1. The van der Waals surface area contributed by atoms with E-state index >= 15 is 0 Å². The highest BCUT2D eigenvalue weighted by Gasteiger charge is 2.44. The minimum absolute atomic E-state index is 0.240. The standard InChI is InChI=1S/C24H28N2O/c1-15-5-7-20-21(12-15)26-23(25-20)17(3)18-8-10-24(11-9-18)14-27-22-13-16(2)4-6-19(22)24/h4-7,12-13,17-18H,8-11,14H2,1-3H3,(H,25,26)/t17-,18?,24?/m0/s1. The first-order chi connectivity index (χ1) is 13.0. The quantitative estimate of drug-likeness (QED) is 0.627. The van der Waals surface area contributed by atoms with Gasteiger partial charge in [0, 0.05) is 16.9 Å². The molecule has 0 unspecified atom stereocenters. The van der Waals surface area contributed by atoms with Crippen molar-refractivity contribution in [3.8, 4) is 5.75 Å². The van der Waals surface area contributed by atoms with E-state index in [0.717, 1.165) is 29.2 Å². The molecule has 0 amide bonds. The molecular weight excluding hydrogens is 332 g/mol. The number of aromatic nitrogens is 2. The van der Waals surface area contributed by atoms with E-state index in [2.05, 4.69) is 62.2 Å². The van der Waals surface area contributed by atoms with Crippen LogP contribution in [0.5, 0.6) is 5.75 Å². The summed E-state index contributed by atoms with van der Waals surface area (Å²) in [6.45, 7) is 7.47. The molecule has 0 bridgehead atoms. The Hall–Kier alpha value is -2.29. The summed E-state index contributed by atoms with van der Waals surface area (Å²) in [6, 6.07) is 13.2. The molecular formula is C24H28N2O. The fourth-order valence-corrected chi connectivity index (χ4v) is 5.17. The van der Waals surface area contributed by atoms with E-state index in [1.165, 1.54) is 42.4 Å². The number of aromatic amines is 1. The molecule has 1 atom stereocenters. The van der Waals surface area contributed by atoms with E-state index in [0.29, 0.717) is 11.8 Å². The van der Waals surface area contributed by atoms with Gasteiger partial charge in [-0.05, 0) is 74.8 Å². The molecule has 2 aromatic carbocycles. The van der Waals surface area contributed by atoms with Crippen molar-refractivity contribution in [3.05, 3.63) is 58.9 Å². The lowest BCUT2D eigenvalue weighted by Crippen LogP contribution is -2.34. The van der Waals surface area contributed by atoms with Crippen LogP contribution in [0.2, 0.25) is 0 Å². The number of ether oxygens (including phenoxy) is 1. The Labute approximate surface area is 161 Å². The Kier molecular flexibility index (Phi) is 3.82. The topological polar surface area (TPSA) is 37.9 Å². The summed E-state index contributed by atoms with van der Waals surface area (Å²) in [4.78, 5) is 8.46. The first kappa shape index (κ1) is 16.9. The van der Waals surface area contributed by atoms with Crippen LogP contribution in [0, 0.1) is 19.8 Å². The fraction of sp³-hybridized carbons (Fsp3) is 0.458. The molecule has 0 radical (unpaired) electrons. The van der Waals surface area contributed by atoms with Gasteiger partial charge in [-0.2, -0.15) is 0 Å². The minimum atomic E-state index is 0.240. The number of rotatable bonds is 2. The van der Waals surface area contributed by atoms with Crippen LogP contribution in [-0.2, 0) is 5.41 Å². The van der Waals surface area contributed by atoms with Crippen LogP contribution in [0.3, 0.4) is 0 Å². The third-order valence-corrected chi connectivity index (χ3v) is 6.99. The molecule has 3 nitrogen and oxygen atoms in total. The van der Waals surface area contributed by atoms with Crippen LogP contribution in [0.4, 0.5) is 0 Å². The molecule has 0 saturated heterocycles. The molecule has 1 saturated carbocycles. The highest BCUT2D eigenvalue weighted by Crippen LogP contribution is 2.51. The Balaban J connectivity index is 1.34. The molecule has 1 N–H and O–H groups in total. The van der Waals surface area contributed by atoms with E-state index in [-0.39, 0.29) is 5.41 Å². The van der Waals surface area contributed by atoms with Crippen molar-refractivity contribution in [3.63, 3.8) is 0 Å². The predicted octanol–water partition coefficient (Wildman–Crippen LogP) is 5.80. The van der Waals surface area contributed by atoms with Gasteiger partial charge >= 0.3 is 0 Å². The van der Waals surface area contributed by atoms with Crippen LogP contribution in [0.1, 0.15) is 61.0 Å². The number of H-pyrrole nitrogens is 1. The monoisotopic (exact) mass is 360 g/mol. The maximum Gasteiger partial charge on any atom is 0.123 e. The zero-order valence-corrected chi connectivity index (χ0v) is 16.5. The van der Waals surface area contributed by atoms with Crippen molar-refractivity contribution in [2.45, 2.75) is 57.8 Å². The summed E-state index contributed by atoms with van der Waals surface area (Å²) in [5.74, 6) is 3.42. The normalized spacial score (nSPS) is 25.5. The van der Waals surface area contributed by atoms with Gasteiger partial charge < -0.3 is 9.72 Å². The number of nitrogens with one attached hydrogen (secondary N) is 1. The second-order valence-corrected chi connectivity index (χ2v) is 8.84. The SMILES string of the molecule is Cc1ccc2c(c1)OCC21CCC([C@H](C)c2nc3ccc(C)cc3[nH]2)CC1. The van der Waals surface area contributed by atoms with Gasteiger partial charge in [0.1, 0.15) is 11.6 Å². The zero-order valence-electron chi connectivity index (χ0n) is 16.5. The van der Waals surface area contributed by atoms with Crippen LogP contribution in [-0.4, -0.2) is 16.6 Å². The summed E-state index contributed by atoms with van der Waals surface area (Å²) in [6.07, 6.45) is 4.93. The lowest BCUT2D eigenvalue weighted by Gasteiger charge is -2.38. The predicted molar refractivity (Wildman–Crippen MR) is 110 cm³/mol. The Morgan fingerprint density at radius 1 is 1.07 bits per heavy atom. The second-order valence-electron chi connectivity index (χ2n) is 8.84. The summed E-state index contributed by atoms with van der Waals surface area (Å²) >= 11 is 0. The van der Waals surface area contributed by atoms with Gasteiger partial charge in [-0.15, -0.1) is 0 Å². The van der Waals surface area contributed by atoms with E-state index in [4.69, 9.17) is 9.72 Å². The van der Waals surface area contributed by atoms with Gasteiger partial charge in [-0.25, -0.2) is 4.98 Å². The molecule has 3 heteroatoms. The number of hydrogen-bond acceptors (Lipinski definition) is 2. The molecule has 140 valence electrons. The average Bonchev–Trinajstić information content (AvgIpc) is 3.23. The Bertz CT molecular complexity index is 995. The molecule has 3 aromatic rings. The lowest BCUT2D eigenvalue weighted by molar-refractivity contribution is 0.169. The molecule has 27 heavy (non-hydrogen) atoms. The molecule has 1 fully saturated rings. The average molecular weight is 361 g/mol. The Morgan fingerprint density at radius 2 is 1.81 bits per heavy atom. The van der Waals surface area contributed by atoms with Crippen LogP contribution >= 0.6 is 0 Å². The fourth-order valence-electron chi connectivity index (χ4n) is 5.17. The first-order valence-corrected chi connectivity index (χ1v) is 10.2. The maximum atomic E-state index is 6.09. The van der Waals surface area contributed by atoms with Crippen LogP contribution < -0.4 is 4.74 Å². The first-order valence-electron chi connectivity index (χ1n) is 10.2. The van der Waals surface area contributed by atoms with Crippen LogP contribution in [0.25, 0.3) is 11.0 Å². The summed E-state index contributed by atoms with van der Waals surface area (Å²) < 4.78 is 6.09. The highest BCUT2D eigenvalue weighted by molar-refractivity contribution is 5.75. The summed E-state index contributed by atoms with van der Waals surface area (Å²) in [7, 11) is 0. The minimum Gasteiger partial charge on any atom is -0.492 e. The number of fused-ring (bicyclic) bond motifs is 3. The van der Waals surface area contributed by atoms with Gasteiger partial charge in [-0.1, -0.05) is 25.1 Å². The van der Waals surface area contributed by atoms with Gasteiger partial charge in [-0.3, -0.25) is 0 Å². The molecule has 1 aliphatic heterocycles. The van der Waals surface area contributed by atoms with Gasteiger partial charge in [0.15, 0.2) is 0 Å². The Morgan fingerprint density at radius 3 is 2.63 bits per heavy atom. The van der Waals surface area contributed by atoms with Crippen molar-refractivity contribution in [1.29, 1.82) is 0 Å². The van der Waals surface area contributed by atoms with Crippen molar-refractivity contribution in [2.24, 2.45) is 5.92 Å². The molecule has 1 spiro atoms. The van der Waals surface area contributed by atoms with E-state index in [1.807, 2.05) is 0 Å². The molecule has 2 aliphatic rings. The molecule has 1 aliphatic carbocycles. The van der Waals surface area contributed by atoms with Crippen LogP contribution in [0.15, 0.2) is 36.4 Å². The zero-order chi connectivity index (χ0) is 18.6. The number of nitrogens with zero attached hydrogens (tertiary/aromatic N) is 1. The van der Waals surface area contributed by atoms with Gasteiger partial charge in [0.25, 0.3) is 0 Å². The lowest BCUT2D eigenvalue weighted by atomic mass is 9.65. The molecule has 2 heterocycles. The van der Waals surface area contributed by atoms with Crippen molar-refractivity contribution in [2.75, 3.05) is 6.61 Å². The van der Waals surface area contributed by atoms with Gasteiger partial charge in [0.05, 0.1) is 17.6 Å². The number of aryl methyl sites for hydroxylation is 2. The smallest absolute Gasteiger partial charge is 0.123 e. The van der Waals surface area contributed by atoms with E-state index in [9.17, 15) is 0 Å². The van der Waals surface area contributed by atoms with Gasteiger partial charge in [0.2, 0.25) is 0 Å². The van der Waals surface area contributed by atoms with Crippen molar-refractivity contribution in [1.82, 2.24) is 9.97 Å². The molecule has 5 rings (SSSR count). The number of hydrogen-bond donors (Lipinski definition) is 1. The van der Waals surface area contributed by atoms with Crippen molar-refractivity contribution < 1.29 is 4.74 Å². The molecule has 1 aromatic heterocycles. The third-order valence-electron chi connectivity index (χ3n) is 6.99. The third kappa shape index (κ3) is 2.75. The van der Waals surface area contributed by atoms with E-state index < -0.39 is 0 Å². The second kappa shape index (κ2) is 6.12. The number of benzene rings is 2. The summed E-state index contributed by atoms with van der Waals surface area (Å²) in [5.41, 5.74) is 6.50. The highest BCUT2D eigenvalue weighted by atomic mass is 16.5. The van der Waals surface area contributed by atoms with Crippen molar-refractivity contribution >= 4 is 11.0 Å². The largest absolute Gasteiger partial charge is 0.492 e.